The molecule has 1 amide bonds. The second kappa shape index (κ2) is 5.91. The van der Waals surface area contributed by atoms with Gasteiger partial charge >= 0.3 is 0 Å². The molecule has 0 atom stereocenters. The summed E-state index contributed by atoms with van der Waals surface area (Å²) in [4.78, 5) is 20.2. The van der Waals surface area contributed by atoms with Crippen LogP contribution < -0.4 is 10.6 Å². The lowest BCUT2D eigenvalue weighted by atomic mass is 10.1. The lowest BCUT2D eigenvalue weighted by molar-refractivity contribution is 0.0914. The third kappa shape index (κ3) is 4.56. The van der Waals surface area contributed by atoms with Gasteiger partial charge < -0.3 is 10.6 Å². The van der Waals surface area contributed by atoms with Gasteiger partial charge in [-0.15, -0.1) is 0 Å². The number of carbonyl (C=O) groups is 1. The van der Waals surface area contributed by atoms with Gasteiger partial charge in [0, 0.05) is 17.3 Å². The van der Waals surface area contributed by atoms with E-state index in [0.29, 0.717) is 11.5 Å². The standard InChI is InChI=1S/C16H20N4O/c1-11-5-7-12(8-6-11)19-14-9-13(17-10-18-14)15(21)20-16(2,3)4/h5-10H,1-4H3,(H,20,21)(H,17,18,19). The largest absolute Gasteiger partial charge is 0.346 e. The van der Waals surface area contributed by atoms with E-state index >= 15 is 0 Å². The number of carbonyl (C=O) groups excluding carboxylic acids is 1. The van der Waals surface area contributed by atoms with Crippen molar-refractivity contribution in [1.82, 2.24) is 15.3 Å². The van der Waals surface area contributed by atoms with E-state index in [1.165, 1.54) is 11.9 Å². The highest BCUT2D eigenvalue weighted by atomic mass is 16.2. The summed E-state index contributed by atoms with van der Waals surface area (Å²) in [5.74, 6) is 0.379. The van der Waals surface area contributed by atoms with Gasteiger partial charge in [-0.1, -0.05) is 17.7 Å². The molecule has 2 N–H and O–H groups in total. The van der Waals surface area contributed by atoms with Crippen LogP contribution in [0.5, 0.6) is 0 Å². The fraction of sp³-hybridized carbons (Fsp3) is 0.312. The van der Waals surface area contributed by atoms with Crippen molar-refractivity contribution in [3.8, 4) is 0 Å². The van der Waals surface area contributed by atoms with Crippen molar-refractivity contribution in [2.75, 3.05) is 5.32 Å². The van der Waals surface area contributed by atoms with Crippen LogP contribution in [0, 0.1) is 6.92 Å². The van der Waals surface area contributed by atoms with Crippen LogP contribution in [-0.2, 0) is 0 Å². The minimum atomic E-state index is -0.299. The van der Waals surface area contributed by atoms with Crippen molar-refractivity contribution < 1.29 is 4.79 Å². The third-order valence-electron chi connectivity index (χ3n) is 2.71. The summed E-state index contributed by atoms with van der Waals surface area (Å²) in [6.45, 7) is 7.82. The molecule has 0 aliphatic heterocycles. The Labute approximate surface area is 124 Å². The summed E-state index contributed by atoms with van der Waals surface area (Å²) in [5.41, 5.74) is 2.15. The molecule has 1 aromatic carbocycles. The summed E-state index contributed by atoms with van der Waals surface area (Å²) in [6, 6.07) is 9.59. The molecule has 1 aromatic heterocycles. The third-order valence-corrected chi connectivity index (χ3v) is 2.71. The van der Waals surface area contributed by atoms with Gasteiger partial charge in [0.25, 0.3) is 5.91 Å². The van der Waals surface area contributed by atoms with Gasteiger partial charge in [0.1, 0.15) is 17.8 Å². The number of rotatable bonds is 3. The zero-order chi connectivity index (χ0) is 15.5. The van der Waals surface area contributed by atoms with Crippen molar-refractivity contribution in [3.05, 3.63) is 47.9 Å². The first-order chi connectivity index (χ1) is 9.83. The molecular formula is C16H20N4O. The maximum absolute atomic E-state index is 12.1. The molecule has 0 saturated carbocycles. The molecule has 1 heterocycles. The summed E-state index contributed by atoms with van der Waals surface area (Å²) < 4.78 is 0. The van der Waals surface area contributed by atoms with Crippen LogP contribution in [0.1, 0.15) is 36.8 Å². The SMILES string of the molecule is Cc1ccc(Nc2cc(C(=O)NC(C)(C)C)ncn2)cc1. The van der Waals surface area contributed by atoms with Crippen LogP contribution in [-0.4, -0.2) is 21.4 Å². The van der Waals surface area contributed by atoms with E-state index in [2.05, 4.69) is 20.6 Å². The van der Waals surface area contributed by atoms with E-state index in [4.69, 9.17) is 0 Å². The highest BCUT2D eigenvalue weighted by Gasteiger charge is 2.16. The molecular weight excluding hydrogens is 264 g/mol. The number of amides is 1. The fourth-order valence-electron chi connectivity index (χ4n) is 1.74. The number of nitrogens with one attached hydrogen (secondary N) is 2. The van der Waals surface area contributed by atoms with Gasteiger partial charge in [-0.05, 0) is 39.8 Å². The Morgan fingerprint density at radius 3 is 2.38 bits per heavy atom. The lowest BCUT2D eigenvalue weighted by Gasteiger charge is -2.20. The van der Waals surface area contributed by atoms with Crippen molar-refractivity contribution in [2.24, 2.45) is 0 Å². The molecule has 0 unspecified atom stereocenters. The molecule has 0 radical (unpaired) electrons. The van der Waals surface area contributed by atoms with E-state index in [-0.39, 0.29) is 11.4 Å². The van der Waals surface area contributed by atoms with Crippen LogP contribution in [0.25, 0.3) is 0 Å². The molecule has 0 bridgehead atoms. The average molecular weight is 284 g/mol. The smallest absolute Gasteiger partial charge is 0.270 e. The Bertz CT molecular complexity index is 629. The number of hydrogen-bond donors (Lipinski definition) is 2. The summed E-state index contributed by atoms with van der Waals surface area (Å²) in [5, 5.41) is 6.04. The quantitative estimate of drug-likeness (QED) is 0.909. The van der Waals surface area contributed by atoms with Crippen molar-refractivity contribution in [2.45, 2.75) is 33.2 Å². The van der Waals surface area contributed by atoms with E-state index in [1.54, 1.807) is 6.07 Å². The second-order valence-electron chi connectivity index (χ2n) is 5.98. The fourth-order valence-corrected chi connectivity index (χ4v) is 1.74. The highest BCUT2D eigenvalue weighted by Crippen LogP contribution is 2.15. The minimum absolute atomic E-state index is 0.211. The van der Waals surface area contributed by atoms with E-state index in [9.17, 15) is 4.79 Å². The highest BCUT2D eigenvalue weighted by molar-refractivity contribution is 5.93. The summed E-state index contributed by atoms with van der Waals surface area (Å²) >= 11 is 0. The molecule has 2 rings (SSSR count). The summed E-state index contributed by atoms with van der Waals surface area (Å²) in [6.07, 6.45) is 1.38. The number of aryl methyl sites for hydroxylation is 1. The molecule has 5 heteroatoms. The van der Waals surface area contributed by atoms with Crippen LogP contribution >= 0.6 is 0 Å². The Hall–Kier alpha value is -2.43. The Balaban J connectivity index is 2.14. The average Bonchev–Trinajstić information content (AvgIpc) is 2.40. The molecule has 0 aliphatic carbocycles. The number of nitrogens with zero attached hydrogens (tertiary/aromatic N) is 2. The molecule has 21 heavy (non-hydrogen) atoms. The van der Waals surface area contributed by atoms with Gasteiger partial charge in [-0.2, -0.15) is 0 Å². The summed E-state index contributed by atoms with van der Waals surface area (Å²) in [7, 11) is 0. The molecule has 0 aliphatic rings. The van der Waals surface area contributed by atoms with Crippen LogP contribution in [0.4, 0.5) is 11.5 Å². The van der Waals surface area contributed by atoms with Crippen molar-refractivity contribution >= 4 is 17.4 Å². The van der Waals surface area contributed by atoms with Gasteiger partial charge in [0.2, 0.25) is 0 Å². The zero-order valence-corrected chi connectivity index (χ0v) is 12.8. The molecule has 2 aromatic rings. The molecule has 0 spiro atoms. The topological polar surface area (TPSA) is 66.9 Å². The lowest BCUT2D eigenvalue weighted by Crippen LogP contribution is -2.40. The number of anilines is 2. The Morgan fingerprint density at radius 2 is 1.76 bits per heavy atom. The first-order valence-electron chi connectivity index (χ1n) is 6.82. The molecule has 5 nitrogen and oxygen atoms in total. The Kier molecular flexibility index (Phi) is 4.21. The minimum Gasteiger partial charge on any atom is -0.346 e. The van der Waals surface area contributed by atoms with Gasteiger partial charge in [-0.3, -0.25) is 4.79 Å². The second-order valence-corrected chi connectivity index (χ2v) is 5.98. The Morgan fingerprint density at radius 1 is 1.10 bits per heavy atom. The zero-order valence-electron chi connectivity index (χ0n) is 12.8. The maximum atomic E-state index is 12.1. The van der Waals surface area contributed by atoms with Crippen LogP contribution in [0.2, 0.25) is 0 Å². The molecule has 0 fully saturated rings. The van der Waals surface area contributed by atoms with Crippen molar-refractivity contribution in [3.63, 3.8) is 0 Å². The van der Waals surface area contributed by atoms with Crippen molar-refractivity contribution in [1.29, 1.82) is 0 Å². The van der Waals surface area contributed by atoms with E-state index in [0.717, 1.165) is 5.69 Å². The van der Waals surface area contributed by atoms with Gasteiger partial charge in [-0.25, -0.2) is 9.97 Å². The normalized spacial score (nSPS) is 11.0. The predicted molar refractivity (Wildman–Crippen MR) is 83.7 cm³/mol. The van der Waals surface area contributed by atoms with Gasteiger partial charge in [0.15, 0.2) is 0 Å². The van der Waals surface area contributed by atoms with E-state index < -0.39 is 0 Å². The molecule has 110 valence electrons. The number of hydrogen-bond acceptors (Lipinski definition) is 4. The van der Waals surface area contributed by atoms with E-state index in [1.807, 2.05) is 52.0 Å². The number of benzene rings is 1. The number of aromatic nitrogens is 2. The monoisotopic (exact) mass is 284 g/mol. The van der Waals surface area contributed by atoms with Gasteiger partial charge in [0.05, 0.1) is 0 Å². The maximum Gasteiger partial charge on any atom is 0.270 e. The predicted octanol–water partition coefficient (Wildman–Crippen LogP) is 3.06. The first-order valence-corrected chi connectivity index (χ1v) is 6.82. The molecule has 0 saturated heterocycles. The van der Waals surface area contributed by atoms with Crippen LogP contribution in [0.3, 0.4) is 0 Å². The van der Waals surface area contributed by atoms with Crippen LogP contribution in [0.15, 0.2) is 36.7 Å². The first kappa shape index (κ1) is 15.0.